The first-order valence-electron chi connectivity index (χ1n) is 5.38. The number of carbonyl (C=O) groups is 1. The van der Waals surface area contributed by atoms with Gasteiger partial charge in [0, 0.05) is 30.0 Å². The fourth-order valence-electron chi connectivity index (χ4n) is 1.26. The van der Waals surface area contributed by atoms with Crippen LogP contribution in [0.3, 0.4) is 0 Å². The van der Waals surface area contributed by atoms with E-state index in [0.29, 0.717) is 12.8 Å². The van der Waals surface area contributed by atoms with E-state index >= 15 is 0 Å². The van der Waals surface area contributed by atoms with Crippen LogP contribution in [0.2, 0.25) is 0 Å². The van der Waals surface area contributed by atoms with Crippen LogP contribution in [0.15, 0.2) is 18.5 Å². The minimum atomic E-state index is -0.301. The highest BCUT2D eigenvalue weighted by Gasteiger charge is 2.13. The Morgan fingerprint density at radius 2 is 2.25 bits per heavy atom. The van der Waals surface area contributed by atoms with Crippen LogP contribution in [-0.2, 0) is 4.79 Å². The number of hydrogen-bond donors (Lipinski definition) is 2. The summed E-state index contributed by atoms with van der Waals surface area (Å²) in [5.41, 5.74) is 7.29. The van der Waals surface area contributed by atoms with E-state index in [9.17, 15) is 4.79 Å². The standard InChI is InChI=1S/C12H19N3O/c1-9-8-14-7-5-10(9)15-11(16)4-6-12(2,3)13/h5,7-8H,4,6,13H2,1-3H3,(H,14,15,16). The van der Waals surface area contributed by atoms with Crippen molar-refractivity contribution in [3.63, 3.8) is 0 Å². The Kier molecular flexibility index (Phi) is 4.01. The van der Waals surface area contributed by atoms with E-state index in [4.69, 9.17) is 5.73 Å². The highest BCUT2D eigenvalue weighted by atomic mass is 16.1. The van der Waals surface area contributed by atoms with Crippen molar-refractivity contribution in [2.45, 2.75) is 39.2 Å². The number of nitrogens with zero attached hydrogens (tertiary/aromatic N) is 1. The topological polar surface area (TPSA) is 68.0 Å². The van der Waals surface area contributed by atoms with Crippen LogP contribution >= 0.6 is 0 Å². The maximum absolute atomic E-state index is 11.6. The number of hydrogen-bond acceptors (Lipinski definition) is 3. The average Bonchev–Trinajstić information content (AvgIpc) is 2.18. The normalized spacial score (nSPS) is 11.2. The van der Waals surface area contributed by atoms with Gasteiger partial charge < -0.3 is 11.1 Å². The summed E-state index contributed by atoms with van der Waals surface area (Å²) in [6.07, 6.45) is 4.49. The van der Waals surface area contributed by atoms with E-state index in [-0.39, 0.29) is 11.4 Å². The molecule has 3 N–H and O–H groups in total. The average molecular weight is 221 g/mol. The van der Waals surface area contributed by atoms with E-state index in [1.54, 1.807) is 18.5 Å². The predicted octanol–water partition coefficient (Wildman–Crippen LogP) is 1.85. The number of aromatic nitrogens is 1. The van der Waals surface area contributed by atoms with Crippen molar-refractivity contribution >= 4 is 11.6 Å². The van der Waals surface area contributed by atoms with Gasteiger partial charge in [-0.25, -0.2) is 0 Å². The molecule has 0 aliphatic rings. The molecule has 1 aromatic heterocycles. The quantitative estimate of drug-likeness (QED) is 0.815. The summed E-state index contributed by atoms with van der Waals surface area (Å²) in [4.78, 5) is 15.6. The Balaban J connectivity index is 2.50. The van der Waals surface area contributed by atoms with Gasteiger partial charge in [0.25, 0.3) is 0 Å². The third-order valence-electron chi connectivity index (χ3n) is 2.29. The molecule has 0 unspecified atom stereocenters. The first kappa shape index (κ1) is 12.6. The molecule has 1 rings (SSSR count). The lowest BCUT2D eigenvalue weighted by Gasteiger charge is -2.17. The molecule has 0 radical (unpaired) electrons. The van der Waals surface area contributed by atoms with E-state index < -0.39 is 0 Å². The van der Waals surface area contributed by atoms with Gasteiger partial charge in [-0.1, -0.05) is 0 Å². The zero-order valence-electron chi connectivity index (χ0n) is 10.1. The second-order valence-electron chi connectivity index (χ2n) is 4.73. The Hall–Kier alpha value is -1.42. The number of carbonyl (C=O) groups excluding carboxylic acids is 1. The molecule has 16 heavy (non-hydrogen) atoms. The molecular weight excluding hydrogens is 202 g/mol. The van der Waals surface area contributed by atoms with Gasteiger partial charge in [0.05, 0.1) is 0 Å². The van der Waals surface area contributed by atoms with Crippen LogP contribution in [0, 0.1) is 6.92 Å². The molecule has 0 aliphatic heterocycles. The van der Waals surface area contributed by atoms with Crippen LogP contribution in [0.5, 0.6) is 0 Å². The van der Waals surface area contributed by atoms with Gasteiger partial charge >= 0.3 is 0 Å². The zero-order chi connectivity index (χ0) is 12.2. The van der Waals surface area contributed by atoms with E-state index in [2.05, 4.69) is 10.3 Å². The molecule has 0 bridgehead atoms. The van der Waals surface area contributed by atoms with Crippen molar-refractivity contribution < 1.29 is 4.79 Å². The molecule has 1 heterocycles. The van der Waals surface area contributed by atoms with Crippen molar-refractivity contribution in [3.05, 3.63) is 24.0 Å². The van der Waals surface area contributed by atoms with Gasteiger partial charge in [0.2, 0.25) is 5.91 Å². The van der Waals surface area contributed by atoms with Crippen LogP contribution in [-0.4, -0.2) is 16.4 Å². The molecule has 0 saturated heterocycles. The first-order valence-corrected chi connectivity index (χ1v) is 5.38. The molecule has 88 valence electrons. The maximum atomic E-state index is 11.6. The van der Waals surface area contributed by atoms with Gasteiger partial charge in [0.1, 0.15) is 0 Å². The third kappa shape index (κ3) is 4.40. The largest absolute Gasteiger partial charge is 0.326 e. The van der Waals surface area contributed by atoms with Crippen LogP contribution in [0.1, 0.15) is 32.3 Å². The highest BCUT2D eigenvalue weighted by molar-refractivity contribution is 5.91. The van der Waals surface area contributed by atoms with E-state index in [0.717, 1.165) is 11.3 Å². The summed E-state index contributed by atoms with van der Waals surface area (Å²) >= 11 is 0. The Labute approximate surface area is 96.3 Å². The molecule has 4 heteroatoms. The summed E-state index contributed by atoms with van der Waals surface area (Å²) in [6, 6.07) is 1.79. The van der Waals surface area contributed by atoms with Crippen molar-refractivity contribution in [2.75, 3.05) is 5.32 Å². The van der Waals surface area contributed by atoms with Crippen LogP contribution in [0.4, 0.5) is 5.69 Å². The molecule has 0 saturated carbocycles. The fraction of sp³-hybridized carbons (Fsp3) is 0.500. The number of nitrogens with one attached hydrogen (secondary N) is 1. The molecule has 4 nitrogen and oxygen atoms in total. The first-order chi connectivity index (χ1) is 7.38. The van der Waals surface area contributed by atoms with Crippen molar-refractivity contribution in [1.29, 1.82) is 0 Å². The highest BCUT2D eigenvalue weighted by Crippen LogP contribution is 2.13. The number of pyridine rings is 1. The number of aryl methyl sites for hydroxylation is 1. The summed E-state index contributed by atoms with van der Waals surface area (Å²) in [6.45, 7) is 5.74. The number of nitrogens with two attached hydrogens (primary N) is 1. The number of rotatable bonds is 4. The van der Waals surface area contributed by atoms with Gasteiger partial charge in [0.15, 0.2) is 0 Å². The molecule has 0 aliphatic carbocycles. The molecule has 0 aromatic carbocycles. The summed E-state index contributed by atoms with van der Waals surface area (Å²) in [5, 5.41) is 2.85. The maximum Gasteiger partial charge on any atom is 0.224 e. The Bertz CT molecular complexity index is 369. The van der Waals surface area contributed by atoms with Crippen LogP contribution in [0.25, 0.3) is 0 Å². The van der Waals surface area contributed by atoms with Gasteiger partial charge in [-0.05, 0) is 38.8 Å². The summed E-state index contributed by atoms with van der Waals surface area (Å²) in [7, 11) is 0. The summed E-state index contributed by atoms with van der Waals surface area (Å²) < 4.78 is 0. The molecular formula is C12H19N3O. The number of amides is 1. The second kappa shape index (κ2) is 5.07. The number of anilines is 1. The van der Waals surface area contributed by atoms with Crippen molar-refractivity contribution in [2.24, 2.45) is 5.73 Å². The lowest BCUT2D eigenvalue weighted by molar-refractivity contribution is -0.116. The van der Waals surface area contributed by atoms with Crippen molar-refractivity contribution in [1.82, 2.24) is 4.98 Å². The van der Waals surface area contributed by atoms with Crippen molar-refractivity contribution in [3.8, 4) is 0 Å². The zero-order valence-corrected chi connectivity index (χ0v) is 10.1. The Morgan fingerprint density at radius 1 is 1.56 bits per heavy atom. The molecule has 1 amide bonds. The summed E-state index contributed by atoms with van der Waals surface area (Å²) in [5.74, 6) is -0.00664. The van der Waals surface area contributed by atoms with Gasteiger partial charge in [-0.3, -0.25) is 9.78 Å². The monoisotopic (exact) mass is 221 g/mol. The smallest absolute Gasteiger partial charge is 0.224 e. The van der Waals surface area contributed by atoms with E-state index in [1.165, 1.54) is 0 Å². The fourth-order valence-corrected chi connectivity index (χ4v) is 1.26. The van der Waals surface area contributed by atoms with Crippen LogP contribution < -0.4 is 11.1 Å². The Morgan fingerprint density at radius 3 is 2.81 bits per heavy atom. The molecule has 0 atom stereocenters. The molecule has 0 fully saturated rings. The molecule has 0 spiro atoms. The predicted molar refractivity (Wildman–Crippen MR) is 65.1 cm³/mol. The van der Waals surface area contributed by atoms with Gasteiger partial charge in [-0.2, -0.15) is 0 Å². The van der Waals surface area contributed by atoms with Gasteiger partial charge in [-0.15, -0.1) is 0 Å². The SMILES string of the molecule is Cc1cnccc1NC(=O)CCC(C)(C)N. The third-order valence-corrected chi connectivity index (χ3v) is 2.29. The van der Waals surface area contributed by atoms with E-state index in [1.807, 2.05) is 20.8 Å². The minimum absolute atomic E-state index is 0.00664. The lowest BCUT2D eigenvalue weighted by atomic mass is 10.00. The second-order valence-corrected chi connectivity index (χ2v) is 4.73. The minimum Gasteiger partial charge on any atom is -0.326 e. The molecule has 1 aromatic rings. The lowest BCUT2D eigenvalue weighted by Crippen LogP contribution is -2.33.